The summed E-state index contributed by atoms with van der Waals surface area (Å²) in [5.41, 5.74) is 2.25. The summed E-state index contributed by atoms with van der Waals surface area (Å²) >= 11 is 0. The number of hydrogen-bond acceptors (Lipinski definition) is 3. The smallest absolute Gasteiger partial charge is 0.256 e. The molecular weight excluding hydrogens is 436 g/mol. The third-order valence-electron chi connectivity index (χ3n) is 7.02. The second-order valence-corrected chi connectivity index (χ2v) is 9.66. The van der Waals surface area contributed by atoms with E-state index in [2.05, 4.69) is 29.3 Å². The van der Waals surface area contributed by atoms with Crippen LogP contribution in [0, 0.1) is 23.5 Å². The lowest BCUT2D eigenvalue weighted by Crippen LogP contribution is -2.43. The molecule has 182 valence electrons. The fraction of sp³-hybridized carbons (Fsp3) is 0.481. The molecule has 1 unspecified atom stereocenters. The molecule has 1 atom stereocenters. The maximum absolute atomic E-state index is 14.0. The Balaban J connectivity index is 1.28. The van der Waals surface area contributed by atoms with Gasteiger partial charge in [0.25, 0.3) is 5.91 Å². The molecule has 2 saturated heterocycles. The molecule has 2 amide bonds. The van der Waals surface area contributed by atoms with Crippen LogP contribution in [0.1, 0.15) is 54.1 Å². The topological polar surface area (TPSA) is 52.7 Å². The number of carbonyl (C=O) groups excluding carboxylic acids is 2. The van der Waals surface area contributed by atoms with Gasteiger partial charge in [-0.2, -0.15) is 0 Å². The molecule has 0 aromatic heterocycles. The number of amides is 2. The van der Waals surface area contributed by atoms with Crippen molar-refractivity contribution in [3.63, 3.8) is 0 Å². The van der Waals surface area contributed by atoms with E-state index in [0.717, 1.165) is 43.2 Å². The molecule has 2 heterocycles. The van der Waals surface area contributed by atoms with E-state index in [-0.39, 0.29) is 17.4 Å². The lowest BCUT2D eigenvalue weighted by molar-refractivity contribution is -0.126. The zero-order chi connectivity index (χ0) is 24.1. The fourth-order valence-corrected chi connectivity index (χ4v) is 5.06. The van der Waals surface area contributed by atoms with Gasteiger partial charge in [0.05, 0.1) is 5.56 Å². The van der Waals surface area contributed by atoms with Crippen molar-refractivity contribution in [1.29, 1.82) is 0 Å². The SMILES string of the molecule is CC1CCCN(Cc2ccccc2CNC(=O)C2CCN(C(=O)c3ccc(F)cc3F)CC2)C1. The van der Waals surface area contributed by atoms with Gasteiger partial charge in [0.15, 0.2) is 0 Å². The van der Waals surface area contributed by atoms with Gasteiger partial charge in [0.1, 0.15) is 11.6 Å². The number of hydrogen-bond donors (Lipinski definition) is 1. The first-order valence-electron chi connectivity index (χ1n) is 12.2. The van der Waals surface area contributed by atoms with Crippen molar-refractivity contribution in [3.05, 3.63) is 70.8 Å². The lowest BCUT2D eigenvalue weighted by atomic mass is 9.95. The molecule has 2 fully saturated rings. The van der Waals surface area contributed by atoms with Gasteiger partial charge in [-0.1, -0.05) is 31.2 Å². The van der Waals surface area contributed by atoms with Gasteiger partial charge in [-0.05, 0) is 61.4 Å². The average Bonchev–Trinajstić information content (AvgIpc) is 2.83. The van der Waals surface area contributed by atoms with Gasteiger partial charge < -0.3 is 10.2 Å². The number of nitrogens with one attached hydrogen (secondary N) is 1. The summed E-state index contributed by atoms with van der Waals surface area (Å²) in [6, 6.07) is 11.2. The molecule has 2 aliphatic rings. The Morgan fingerprint density at radius 3 is 2.44 bits per heavy atom. The lowest BCUT2D eigenvalue weighted by Gasteiger charge is -2.32. The first-order chi connectivity index (χ1) is 16.4. The van der Waals surface area contributed by atoms with Crippen molar-refractivity contribution in [3.8, 4) is 0 Å². The van der Waals surface area contributed by atoms with Crippen LogP contribution in [0.25, 0.3) is 0 Å². The fourth-order valence-electron chi connectivity index (χ4n) is 5.06. The number of rotatable bonds is 6. The van der Waals surface area contributed by atoms with Gasteiger partial charge in [-0.25, -0.2) is 8.78 Å². The molecule has 34 heavy (non-hydrogen) atoms. The van der Waals surface area contributed by atoms with E-state index in [4.69, 9.17) is 0 Å². The highest BCUT2D eigenvalue weighted by molar-refractivity contribution is 5.94. The zero-order valence-electron chi connectivity index (χ0n) is 19.7. The molecule has 0 bridgehead atoms. The van der Waals surface area contributed by atoms with E-state index >= 15 is 0 Å². The molecule has 4 rings (SSSR count). The van der Waals surface area contributed by atoms with Crippen molar-refractivity contribution in [2.24, 2.45) is 11.8 Å². The highest BCUT2D eigenvalue weighted by Crippen LogP contribution is 2.22. The van der Waals surface area contributed by atoms with Crippen molar-refractivity contribution >= 4 is 11.8 Å². The van der Waals surface area contributed by atoms with Crippen molar-refractivity contribution < 1.29 is 18.4 Å². The summed E-state index contributed by atoms with van der Waals surface area (Å²) in [7, 11) is 0. The number of benzene rings is 2. The molecule has 0 radical (unpaired) electrons. The first kappa shape index (κ1) is 24.3. The molecule has 7 heteroatoms. The van der Waals surface area contributed by atoms with Gasteiger partial charge in [-0.3, -0.25) is 14.5 Å². The number of halogens is 2. The third kappa shape index (κ3) is 6.00. The number of likely N-dealkylation sites (tertiary alicyclic amines) is 2. The molecular formula is C27H33F2N3O2. The maximum Gasteiger partial charge on any atom is 0.256 e. The van der Waals surface area contributed by atoms with E-state index in [1.54, 1.807) is 0 Å². The van der Waals surface area contributed by atoms with E-state index in [0.29, 0.717) is 32.5 Å². The standard InChI is InChI=1S/C27H33F2N3O2/c1-19-5-4-12-31(17-19)18-22-7-3-2-6-21(22)16-30-26(33)20-10-13-32(14-11-20)27(34)24-9-8-23(28)15-25(24)29/h2-3,6-9,15,19-20H,4-5,10-14,16-18H2,1H3,(H,30,33). The molecule has 2 aromatic rings. The zero-order valence-corrected chi connectivity index (χ0v) is 19.7. The predicted octanol–water partition coefficient (Wildman–Crippen LogP) is 4.37. The second-order valence-electron chi connectivity index (χ2n) is 9.66. The van der Waals surface area contributed by atoms with Crippen LogP contribution < -0.4 is 5.32 Å². The van der Waals surface area contributed by atoms with Gasteiger partial charge in [-0.15, -0.1) is 0 Å². The Morgan fingerprint density at radius 2 is 1.74 bits per heavy atom. The summed E-state index contributed by atoms with van der Waals surface area (Å²) < 4.78 is 27.1. The number of carbonyl (C=O) groups is 2. The van der Waals surface area contributed by atoms with Gasteiger partial charge in [0.2, 0.25) is 5.91 Å². The Bertz CT molecular complexity index is 1020. The van der Waals surface area contributed by atoms with E-state index in [1.807, 2.05) is 12.1 Å². The Hall–Kier alpha value is -2.80. The molecule has 1 N–H and O–H groups in total. The largest absolute Gasteiger partial charge is 0.352 e. The third-order valence-corrected chi connectivity index (χ3v) is 7.02. The van der Waals surface area contributed by atoms with Crippen LogP contribution in [-0.2, 0) is 17.9 Å². The number of nitrogens with zero attached hydrogens (tertiary/aromatic N) is 2. The van der Waals surface area contributed by atoms with Crippen LogP contribution in [0.2, 0.25) is 0 Å². The van der Waals surface area contributed by atoms with Crippen LogP contribution in [-0.4, -0.2) is 47.8 Å². The summed E-state index contributed by atoms with van der Waals surface area (Å²) in [4.78, 5) is 29.5. The van der Waals surface area contributed by atoms with Crippen molar-refractivity contribution in [2.45, 2.75) is 45.7 Å². The molecule has 0 saturated carbocycles. The average molecular weight is 470 g/mol. The summed E-state index contributed by atoms with van der Waals surface area (Å²) in [6.07, 6.45) is 3.56. The van der Waals surface area contributed by atoms with Crippen LogP contribution in [0.3, 0.4) is 0 Å². The first-order valence-corrected chi connectivity index (χ1v) is 12.2. The normalized spacial score (nSPS) is 19.7. The van der Waals surface area contributed by atoms with Crippen molar-refractivity contribution in [1.82, 2.24) is 15.1 Å². The van der Waals surface area contributed by atoms with E-state index in [1.165, 1.54) is 29.4 Å². The van der Waals surface area contributed by atoms with E-state index in [9.17, 15) is 18.4 Å². The van der Waals surface area contributed by atoms with Gasteiger partial charge in [0, 0.05) is 44.7 Å². The van der Waals surface area contributed by atoms with Gasteiger partial charge >= 0.3 is 0 Å². The molecule has 0 aliphatic carbocycles. The minimum absolute atomic E-state index is 0.0125. The van der Waals surface area contributed by atoms with Crippen LogP contribution >= 0.6 is 0 Å². The monoisotopic (exact) mass is 469 g/mol. The van der Waals surface area contributed by atoms with Crippen LogP contribution in [0.15, 0.2) is 42.5 Å². The minimum Gasteiger partial charge on any atom is -0.352 e. The molecule has 2 aliphatic heterocycles. The maximum atomic E-state index is 14.0. The Labute approximate surface area is 200 Å². The summed E-state index contributed by atoms with van der Waals surface area (Å²) in [5, 5.41) is 3.08. The second kappa shape index (κ2) is 11.1. The molecule has 0 spiro atoms. The molecule has 5 nitrogen and oxygen atoms in total. The highest BCUT2D eigenvalue weighted by Gasteiger charge is 2.29. The highest BCUT2D eigenvalue weighted by atomic mass is 19.1. The number of piperidine rings is 2. The predicted molar refractivity (Wildman–Crippen MR) is 127 cm³/mol. The molecule has 2 aromatic carbocycles. The van der Waals surface area contributed by atoms with E-state index < -0.39 is 17.5 Å². The Kier molecular flexibility index (Phi) is 7.93. The Morgan fingerprint density at radius 1 is 1.00 bits per heavy atom. The van der Waals surface area contributed by atoms with Crippen LogP contribution in [0.4, 0.5) is 8.78 Å². The van der Waals surface area contributed by atoms with Crippen molar-refractivity contribution in [2.75, 3.05) is 26.2 Å². The quantitative estimate of drug-likeness (QED) is 0.684. The van der Waals surface area contributed by atoms with Crippen LogP contribution in [0.5, 0.6) is 0 Å². The summed E-state index contributed by atoms with van der Waals surface area (Å²) in [5.74, 6) is -1.51. The summed E-state index contributed by atoms with van der Waals surface area (Å²) in [6.45, 7) is 6.65. The minimum atomic E-state index is -0.859.